The lowest BCUT2D eigenvalue weighted by atomic mass is 9.92. The highest BCUT2D eigenvalue weighted by molar-refractivity contribution is 7.10. The Morgan fingerprint density at radius 1 is 1.62 bits per heavy atom. The SMILES string of the molecule is CC(c1cccs1)N(C)CC(C)(C)C(=O)O. The third-order valence-electron chi connectivity index (χ3n) is 2.84. The molecular weight excluding hydrogens is 222 g/mol. The summed E-state index contributed by atoms with van der Waals surface area (Å²) < 4.78 is 0. The standard InChI is InChI=1S/C12H19NO2S/c1-9(10-6-5-7-16-10)13(4)8-12(2,3)11(14)15/h5-7,9H,8H2,1-4H3,(H,14,15). The van der Waals surface area contributed by atoms with Gasteiger partial charge in [-0.1, -0.05) is 6.07 Å². The summed E-state index contributed by atoms with van der Waals surface area (Å²) in [7, 11) is 1.97. The van der Waals surface area contributed by atoms with Crippen LogP contribution >= 0.6 is 11.3 Å². The van der Waals surface area contributed by atoms with E-state index in [0.717, 1.165) is 0 Å². The van der Waals surface area contributed by atoms with Crippen LogP contribution in [-0.2, 0) is 4.79 Å². The van der Waals surface area contributed by atoms with Crippen molar-refractivity contribution in [1.82, 2.24) is 4.90 Å². The highest BCUT2D eigenvalue weighted by atomic mass is 32.1. The fourth-order valence-corrected chi connectivity index (χ4v) is 2.42. The van der Waals surface area contributed by atoms with E-state index in [1.165, 1.54) is 4.88 Å². The second kappa shape index (κ2) is 4.97. The number of carbonyl (C=O) groups is 1. The van der Waals surface area contributed by atoms with Crippen molar-refractivity contribution in [2.75, 3.05) is 13.6 Å². The average Bonchev–Trinajstić information content (AvgIpc) is 2.68. The zero-order chi connectivity index (χ0) is 12.3. The van der Waals surface area contributed by atoms with Gasteiger partial charge in [-0.05, 0) is 39.3 Å². The van der Waals surface area contributed by atoms with Gasteiger partial charge < -0.3 is 5.11 Å². The van der Waals surface area contributed by atoms with Crippen molar-refractivity contribution in [3.8, 4) is 0 Å². The Labute approximate surface area is 101 Å². The first kappa shape index (κ1) is 13.2. The molecule has 0 bridgehead atoms. The van der Waals surface area contributed by atoms with Crippen LogP contribution < -0.4 is 0 Å². The van der Waals surface area contributed by atoms with E-state index in [4.69, 9.17) is 5.11 Å². The quantitative estimate of drug-likeness (QED) is 0.861. The molecule has 16 heavy (non-hydrogen) atoms. The van der Waals surface area contributed by atoms with Gasteiger partial charge in [0.15, 0.2) is 0 Å². The Balaban J connectivity index is 2.66. The molecule has 0 aliphatic rings. The molecule has 1 unspecified atom stereocenters. The van der Waals surface area contributed by atoms with Gasteiger partial charge in [-0.2, -0.15) is 0 Å². The first-order valence-electron chi connectivity index (χ1n) is 5.31. The summed E-state index contributed by atoms with van der Waals surface area (Å²) in [5.41, 5.74) is -0.708. The molecule has 1 heterocycles. The molecular formula is C12H19NO2S. The minimum Gasteiger partial charge on any atom is -0.481 e. The predicted molar refractivity (Wildman–Crippen MR) is 66.8 cm³/mol. The Hall–Kier alpha value is -0.870. The Kier molecular flexibility index (Phi) is 4.10. The first-order valence-corrected chi connectivity index (χ1v) is 6.19. The van der Waals surface area contributed by atoms with Crippen molar-refractivity contribution >= 4 is 17.3 Å². The molecule has 3 nitrogen and oxygen atoms in total. The van der Waals surface area contributed by atoms with Crippen molar-refractivity contribution in [3.63, 3.8) is 0 Å². The van der Waals surface area contributed by atoms with E-state index in [2.05, 4.69) is 17.9 Å². The molecule has 0 saturated carbocycles. The molecule has 1 aromatic rings. The van der Waals surface area contributed by atoms with Crippen molar-refractivity contribution < 1.29 is 9.90 Å². The normalized spacial score (nSPS) is 14.1. The minimum absolute atomic E-state index is 0.263. The van der Waals surface area contributed by atoms with Crippen LogP contribution in [-0.4, -0.2) is 29.6 Å². The van der Waals surface area contributed by atoms with Crippen LogP contribution in [0.3, 0.4) is 0 Å². The molecule has 0 aliphatic heterocycles. The summed E-state index contributed by atoms with van der Waals surface area (Å²) in [6.07, 6.45) is 0. The highest BCUT2D eigenvalue weighted by Crippen LogP contribution is 2.26. The number of thiophene rings is 1. The lowest BCUT2D eigenvalue weighted by Gasteiger charge is -2.30. The van der Waals surface area contributed by atoms with Gasteiger partial charge >= 0.3 is 5.97 Å². The van der Waals surface area contributed by atoms with Gasteiger partial charge in [0.25, 0.3) is 0 Å². The van der Waals surface area contributed by atoms with E-state index in [9.17, 15) is 4.79 Å². The number of hydrogen-bond acceptors (Lipinski definition) is 3. The third-order valence-corrected chi connectivity index (χ3v) is 3.88. The van der Waals surface area contributed by atoms with E-state index in [-0.39, 0.29) is 6.04 Å². The van der Waals surface area contributed by atoms with Crippen LogP contribution in [0.25, 0.3) is 0 Å². The fourth-order valence-electron chi connectivity index (χ4n) is 1.57. The lowest BCUT2D eigenvalue weighted by Crippen LogP contribution is -2.38. The third kappa shape index (κ3) is 3.06. The summed E-state index contributed by atoms with van der Waals surface area (Å²) >= 11 is 1.70. The van der Waals surface area contributed by atoms with Gasteiger partial charge in [0.05, 0.1) is 5.41 Å². The average molecular weight is 241 g/mol. The monoisotopic (exact) mass is 241 g/mol. The number of nitrogens with zero attached hydrogens (tertiary/aromatic N) is 1. The lowest BCUT2D eigenvalue weighted by molar-refractivity contribution is -0.148. The number of carboxylic acids is 1. The van der Waals surface area contributed by atoms with E-state index in [1.807, 2.05) is 18.5 Å². The van der Waals surface area contributed by atoms with E-state index in [1.54, 1.807) is 25.2 Å². The number of aliphatic carboxylic acids is 1. The van der Waals surface area contributed by atoms with E-state index in [0.29, 0.717) is 6.54 Å². The zero-order valence-corrected chi connectivity index (χ0v) is 11.0. The van der Waals surface area contributed by atoms with Crippen molar-refractivity contribution in [3.05, 3.63) is 22.4 Å². The Bertz CT molecular complexity index is 346. The van der Waals surface area contributed by atoms with E-state index >= 15 is 0 Å². The van der Waals surface area contributed by atoms with Crippen molar-refractivity contribution in [2.45, 2.75) is 26.8 Å². The van der Waals surface area contributed by atoms with Crippen molar-refractivity contribution in [1.29, 1.82) is 0 Å². The molecule has 0 aromatic carbocycles. The van der Waals surface area contributed by atoms with Crippen LogP contribution in [0.2, 0.25) is 0 Å². The van der Waals surface area contributed by atoms with Crippen molar-refractivity contribution in [2.24, 2.45) is 5.41 Å². The van der Waals surface area contributed by atoms with Gasteiger partial charge in [-0.15, -0.1) is 11.3 Å². The maximum Gasteiger partial charge on any atom is 0.310 e. The van der Waals surface area contributed by atoms with Gasteiger partial charge in [0.2, 0.25) is 0 Å². The molecule has 0 fully saturated rings. The largest absolute Gasteiger partial charge is 0.481 e. The van der Waals surface area contributed by atoms with Gasteiger partial charge in [0.1, 0.15) is 0 Å². The second-order valence-electron chi connectivity index (χ2n) is 4.80. The summed E-state index contributed by atoms with van der Waals surface area (Å²) in [6.45, 7) is 6.16. The van der Waals surface area contributed by atoms with Crippen LogP contribution in [0.5, 0.6) is 0 Å². The molecule has 0 spiro atoms. The Morgan fingerprint density at radius 3 is 2.69 bits per heavy atom. The van der Waals surface area contributed by atoms with Crippen LogP contribution in [0.4, 0.5) is 0 Å². The van der Waals surface area contributed by atoms with Crippen LogP contribution in [0.1, 0.15) is 31.7 Å². The molecule has 90 valence electrons. The van der Waals surface area contributed by atoms with Gasteiger partial charge in [0, 0.05) is 17.5 Å². The zero-order valence-electron chi connectivity index (χ0n) is 10.2. The van der Waals surface area contributed by atoms with E-state index < -0.39 is 11.4 Å². The summed E-state index contributed by atoms with van der Waals surface area (Å²) in [5, 5.41) is 11.1. The number of hydrogen-bond donors (Lipinski definition) is 1. The maximum absolute atomic E-state index is 11.0. The Morgan fingerprint density at radius 2 is 2.25 bits per heavy atom. The van der Waals surface area contributed by atoms with Gasteiger partial charge in [-0.3, -0.25) is 9.69 Å². The molecule has 4 heteroatoms. The van der Waals surface area contributed by atoms with Gasteiger partial charge in [-0.25, -0.2) is 0 Å². The summed E-state index contributed by atoms with van der Waals surface area (Å²) in [4.78, 5) is 14.4. The minimum atomic E-state index is -0.752. The summed E-state index contributed by atoms with van der Waals surface area (Å²) in [6, 6.07) is 4.37. The second-order valence-corrected chi connectivity index (χ2v) is 5.77. The summed E-state index contributed by atoms with van der Waals surface area (Å²) in [5.74, 6) is -0.752. The first-order chi connectivity index (χ1) is 7.34. The molecule has 0 saturated heterocycles. The molecule has 1 rings (SSSR count). The molecule has 1 atom stereocenters. The molecule has 1 aromatic heterocycles. The maximum atomic E-state index is 11.0. The van der Waals surface area contributed by atoms with Crippen LogP contribution in [0, 0.1) is 5.41 Å². The molecule has 0 aliphatic carbocycles. The van der Waals surface area contributed by atoms with Crippen LogP contribution in [0.15, 0.2) is 17.5 Å². The smallest absolute Gasteiger partial charge is 0.310 e. The molecule has 1 N–H and O–H groups in total. The predicted octanol–water partition coefficient (Wildman–Crippen LogP) is 2.85. The topological polar surface area (TPSA) is 40.5 Å². The molecule has 0 amide bonds. The molecule has 0 radical (unpaired) electrons. The number of carboxylic acid groups (broad SMARTS) is 1. The highest BCUT2D eigenvalue weighted by Gasteiger charge is 2.30. The fraction of sp³-hybridized carbons (Fsp3) is 0.583. The number of rotatable bonds is 5.